The first-order chi connectivity index (χ1) is 17.9. The van der Waals surface area contributed by atoms with Crippen molar-refractivity contribution in [2.75, 3.05) is 11.9 Å². The number of para-hydroxylation sites is 1. The van der Waals surface area contributed by atoms with Gasteiger partial charge in [-0.15, -0.1) is 6.58 Å². The molecule has 2 aromatic rings. The van der Waals surface area contributed by atoms with E-state index in [1.807, 2.05) is 25.1 Å². The highest BCUT2D eigenvalue weighted by atomic mass is 16.6. The van der Waals surface area contributed by atoms with Crippen LogP contribution in [0, 0.1) is 6.92 Å². The van der Waals surface area contributed by atoms with Gasteiger partial charge in [-0.2, -0.15) is 0 Å². The Morgan fingerprint density at radius 3 is 2.34 bits per heavy atom. The molecular formula is C29H36N4O5. The van der Waals surface area contributed by atoms with Gasteiger partial charge in [0, 0.05) is 12.2 Å². The highest BCUT2D eigenvalue weighted by Crippen LogP contribution is 2.27. The summed E-state index contributed by atoms with van der Waals surface area (Å²) in [5.41, 5.74) is 7.21. The molecule has 0 aromatic heterocycles. The Morgan fingerprint density at radius 1 is 1.08 bits per heavy atom. The minimum atomic E-state index is -1.38. The molecule has 0 radical (unpaired) electrons. The van der Waals surface area contributed by atoms with Gasteiger partial charge >= 0.3 is 6.09 Å². The maximum atomic E-state index is 13.9. The largest absolute Gasteiger partial charge is 0.444 e. The molecule has 2 rings (SSSR count). The molecule has 0 saturated carbocycles. The van der Waals surface area contributed by atoms with Gasteiger partial charge in [-0.1, -0.05) is 55.1 Å². The van der Waals surface area contributed by atoms with Crippen molar-refractivity contribution in [2.24, 2.45) is 5.73 Å². The number of amides is 4. The zero-order chi connectivity index (χ0) is 28.5. The van der Waals surface area contributed by atoms with Crippen molar-refractivity contribution < 1.29 is 23.9 Å². The fraction of sp³-hybridized carbons (Fsp3) is 0.310. The molecule has 9 heteroatoms. The number of carbonyl (C=O) groups excluding carboxylic acids is 4. The molecular weight excluding hydrogens is 484 g/mol. The van der Waals surface area contributed by atoms with Crippen molar-refractivity contribution in [3.63, 3.8) is 0 Å². The van der Waals surface area contributed by atoms with Crippen molar-refractivity contribution in [1.82, 2.24) is 10.2 Å². The molecule has 0 aliphatic heterocycles. The standard InChI is InChI=1S/C29H36N4O5/c1-7-16-33(27(36)23(18-24(30)34)32-28(37)38-29(4,5)6)25(21-14-11-13-20(8-2)17-21)26(35)31-22-15-10-9-12-19(22)3/h7-15,17,23,25H,1-2,16,18H2,3-6H3,(H2,30,34)(H,31,35)(H,32,37). The van der Waals surface area contributed by atoms with Crippen LogP contribution >= 0.6 is 0 Å². The third-order valence-corrected chi connectivity index (χ3v) is 5.43. The number of ether oxygens (including phenoxy) is 1. The van der Waals surface area contributed by atoms with E-state index < -0.39 is 47.9 Å². The number of anilines is 1. The minimum Gasteiger partial charge on any atom is -0.444 e. The lowest BCUT2D eigenvalue weighted by molar-refractivity contribution is -0.141. The molecule has 4 amide bonds. The summed E-state index contributed by atoms with van der Waals surface area (Å²) in [5, 5.41) is 5.33. The number of alkyl carbamates (subject to hydrolysis) is 1. The van der Waals surface area contributed by atoms with Crippen molar-refractivity contribution in [1.29, 1.82) is 0 Å². The third kappa shape index (κ3) is 8.62. The highest BCUT2D eigenvalue weighted by molar-refractivity contribution is 6.00. The summed E-state index contributed by atoms with van der Waals surface area (Å²) < 4.78 is 5.27. The van der Waals surface area contributed by atoms with Crippen LogP contribution in [0.15, 0.2) is 67.8 Å². The molecule has 202 valence electrons. The molecule has 0 aliphatic carbocycles. The molecule has 0 heterocycles. The summed E-state index contributed by atoms with van der Waals surface area (Å²) >= 11 is 0. The average molecular weight is 521 g/mol. The van der Waals surface area contributed by atoms with E-state index in [2.05, 4.69) is 23.8 Å². The summed E-state index contributed by atoms with van der Waals surface area (Å²) in [7, 11) is 0. The smallest absolute Gasteiger partial charge is 0.408 e. The van der Waals surface area contributed by atoms with E-state index in [-0.39, 0.29) is 6.54 Å². The number of aryl methyl sites for hydroxylation is 1. The molecule has 0 fully saturated rings. The lowest BCUT2D eigenvalue weighted by Crippen LogP contribution is -2.53. The molecule has 38 heavy (non-hydrogen) atoms. The Labute approximate surface area is 223 Å². The topological polar surface area (TPSA) is 131 Å². The quantitative estimate of drug-likeness (QED) is 0.384. The number of nitrogens with zero attached hydrogens (tertiary/aromatic N) is 1. The number of nitrogens with one attached hydrogen (secondary N) is 2. The fourth-order valence-electron chi connectivity index (χ4n) is 3.76. The van der Waals surface area contributed by atoms with Crippen molar-refractivity contribution >= 4 is 35.6 Å². The third-order valence-electron chi connectivity index (χ3n) is 5.43. The van der Waals surface area contributed by atoms with Crippen molar-refractivity contribution in [3.8, 4) is 0 Å². The summed E-state index contributed by atoms with van der Waals surface area (Å²) in [5.74, 6) is -2.01. The van der Waals surface area contributed by atoms with E-state index in [9.17, 15) is 19.2 Å². The Balaban J connectivity index is 2.56. The monoisotopic (exact) mass is 520 g/mol. The van der Waals surface area contributed by atoms with Crippen LogP contribution in [0.5, 0.6) is 0 Å². The molecule has 2 unspecified atom stereocenters. The first-order valence-corrected chi connectivity index (χ1v) is 12.1. The molecule has 0 bridgehead atoms. The predicted molar refractivity (Wildman–Crippen MR) is 148 cm³/mol. The molecule has 4 N–H and O–H groups in total. The van der Waals surface area contributed by atoms with Crippen LogP contribution in [0.4, 0.5) is 10.5 Å². The molecule has 0 spiro atoms. The summed E-state index contributed by atoms with van der Waals surface area (Å²) in [6.45, 7) is 14.3. The number of carbonyl (C=O) groups is 4. The van der Waals surface area contributed by atoms with Gasteiger partial charge in [0.05, 0.1) is 6.42 Å². The van der Waals surface area contributed by atoms with E-state index >= 15 is 0 Å². The van der Waals surface area contributed by atoms with Gasteiger partial charge in [0.15, 0.2) is 0 Å². The van der Waals surface area contributed by atoms with Crippen LogP contribution in [0.2, 0.25) is 0 Å². The van der Waals surface area contributed by atoms with Crippen LogP contribution in [0.1, 0.15) is 49.9 Å². The van der Waals surface area contributed by atoms with Crippen LogP contribution in [-0.4, -0.2) is 46.9 Å². The maximum absolute atomic E-state index is 13.9. The van der Waals surface area contributed by atoms with Gasteiger partial charge in [-0.25, -0.2) is 4.79 Å². The lowest BCUT2D eigenvalue weighted by atomic mass is 9.99. The first kappa shape index (κ1) is 29.8. The second-order valence-corrected chi connectivity index (χ2v) is 9.73. The number of hydrogen-bond donors (Lipinski definition) is 3. The van der Waals surface area contributed by atoms with Crippen molar-refractivity contribution in [2.45, 2.75) is 51.8 Å². The van der Waals surface area contributed by atoms with Gasteiger partial charge in [0.25, 0.3) is 5.91 Å². The van der Waals surface area contributed by atoms with E-state index in [4.69, 9.17) is 10.5 Å². The van der Waals surface area contributed by atoms with Gasteiger partial charge in [0.2, 0.25) is 11.8 Å². The van der Waals surface area contributed by atoms with E-state index in [1.54, 1.807) is 57.2 Å². The minimum absolute atomic E-state index is 0.0612. The number of hydrogen-bond acceptors (Lipinski definition) is 5. The number of rotatable bonds is 11. The van der Waals surface area contributed by atoms with E-state index in [0.29, 0.717) is 11.3 Å². The van der Waals surface area contributed by atoms with Crippen LogP contribution < -0.4 is 16.4 Å². The summed E-state index contributed by atoms with van der Waals surface area (Å²) in [6, 6.07) is 11.7. The second-order valence-electron chi connectivity index (χ2n) is 9.73. The van der Waals surface area contributed by atoms with Gasteiger partial charge < -0.3 is 26.0 Å². The number of nitrogens with two attached hydrogens (primary N) is 1. The fourth-order valence-corrected chi connectivity index (χ4v) is 3.76. The van der Waals surface area contributed by atoms with Gasteiger partial charge in [0.1, 0.15) is 17.7 Å². The summed E-state index contributed by atoms with van der Waals surface area (Å²) in [6.07, 6.45) is 1.69. The predicted octanol–water partition coefficient (Wildman–Crippen LogP) is 4.10. The van der Waals surface area contributed by atoms with Crippen LogP contribution in [-0.2, 0) is 19.1 Å². The SMILES string of the molecule is C=CCN(C(=O)C(CC(N)=O)NC(=O)OC(C)(C)C)C(C(=O)Nc1ccccc1C)c1cccc(C=C)c1. The van der Waals surface area contributed by atoms with Crippen molar-refractivity contribution in [3.05, 3.63) is 84.5 Å². The molecule has 2 atom stereocenters. The molecule has 2 aromatic carbocycles. The lowest BCUT2D eigenvalue weighted by Gasteiger charge is -2.33. The maximum Gasteiger partial charge on any atom is 0.408 e. The van der Waals surface area contributed by atoms with E-state index in [1.165, 1.54) is 11.0 Å². The Hall–Kier alpha value is -4.40. The van der Waals surface area contributed by atoms with Gasteiger partial charge in [-0.05, 0) is 56.5 Å². The number of primary amides is 1. The van der Waals surface area contributed by atoms with Crippen LogP contribution in [0.25, 0.3) is 6.08 Å². The molecule has 9 nitrogen and oxygen atoms in total. The second kappa shape index (κ2) is 13.2. The number of benzene rings is 2. The normalized spacial score (nSPS) is 12.4. The Bertz CT molecular complexity index is 1200. The molecule has 0 aliphatic rings. The zero-order valence-corrected chi connectivity index (χ0v) is 22.3. The summed E-state index contributed by atoms with van der Waals surface area (Å²) in [4.78, 5) is 53.2. The van der Waals surface area contributed by atoms with E-state index in [0.717, 1.165) is 11.1 Å². The molecule has 0 saturated heterocycles. The first-order valence-electron chi connectivity index (χ1n) is 12.1. The Kier molecular flexibility index (Phi) is 10.4. The van der Waals surface area contributed by atoms with Gasteiger partial charge in [-0.3, -0.25) is 14.4 Å². The zero-order valence-electron chi connectivity index (χ0n) is 22.3. The average Bonchev–Trinajstić information content (AvgIpc) is 2.83. The Morgan fingerprint density at radius 2 is 1.76 bits per heavy atom. The van der Waals surface area contributed by atoms with Crippen LogP contribution in [0.3, 0.4) is 0 Å². The highest BCUT2D eigenvalue weighted by Gasteiger charge is 2.36.